The summed E-state index contributed by atoms with van der Waals surface area (Å²) in [6.45, 7) is 11.6. The van der Waals surface area contributed by atoms with E-state index in [0.717, 1.165) is 12.5 Å². The molecular formula is C14H25N. The van der Waals surface area contributed by atoms with Crippen molar-refractivity contribution in [2.24, 2.45) is 5.92 Å². The van der Waals surface area contributed by atoms with Gasteiger partial charge in [0.05, 0.1) is 0 Å². The summed E-state index contributed by atoms with van der Waals surface area (Å²) in [6, 6.07) is 8.67. The highest BCUT2D eigenvalue weighted by Crippen LogP contribution is 2.13. The van der Waals surface area contributed by atoms with Gasteiger partial charge in [-0.2, -0.15) is 0 Å². The molecule has 1 heteroatoms. The molecule has 0 bridgehead atoms. The van der Waals surface area contributed by atoms with Crippen LogP contribution >= 0.6 is 0 Å². The lowest BCUT2D eigenvalue weighted by atomic mass is 10.0. The molecule has 0 atom stereocenters. The summed E-state index contributed by atoms with van der Waals surface area (Å²) >= 11 is 0. The van der Waals surface area contributed by atoms with E-state index in [-0.39, 0.29) is 0 Å². The Morgan fingerprint density at radius 2 is 1.87 bits per heavy atom. The Morgan fingerprint density at radius 1 is 1.20 bits per heavy atom. The van der Waals surface area contributed by atoms with Crippen molar-refractivity contribution >= 4 is 5.69 Å². The predicted molar refractivity (Wildman–Crippen MR) is 70.5 cm³/mol. The van der Waals surface area contributed by atoms with Crippen LogP contribution in [-0.4, -0.2) is 6.54 Å². The molecule has 1 aromatic rings. The summed E-state index contributed by atoms with van der Waals surface area (Å²) in [5.74, 6) is 0.733. The summed E-state index contributed by atoms with van der Waals surface area (Å²) in [4.78, 5) is 0. The minimum Gasteiger partial charge on any atom is -0.385 e. The van der Waals surface area contributed by atoms with Crippen molar-refractivity contribution in [3.05, 3.63) is 29.8 Å². The fourth-order valence-electron chi connectivity index (χ4n) is 1.48. The van der Waals surface area contributed by atoms with Crippen LogP contribution in [0.25, 0.3) is 0 Å². The van der Waals surface area contributed by atoms with Gasteiger partial charge in [0, 0.05) is 12.2 Å². The molecule has 0 aliphatic carbocycles. The molecule has 0 spiro atoms. The van der Waals surface area contributed by atoms with Gasteiger partial charge in [0.25, 0.3) is 0 Å². The zero-order chi connectivity index (χ0) is 11.7. The molecule has 0 amide bonds. The first-order valence-electron chi connectivity index (χ1n) is 6.05. The third kappa shape index (κ3) is 6.16. The first-order valence-corrected chi connectivity index (χ1v) is 6.05. The Bertz CT molecular complexity index is 253. The molecule has 0 unspecified atom stereocenters. The monoisotopic (exact) mass is 207 g/mol. The standard InChI is InChI=1S/C12H19N.C2H6/c1-4-13-12-7-5-6-11(9-12)8-10(2)3;1-2/h5-7,9-10,13H,4,8H2,1-3H3;1-2H3. The van der Waals surface area contributed by atoms with Gasteiger partial charge in [0.1, 0.15) is 0 Å². The summed E-state index contributed by atoms with van der Waals surface area (Å²) < 4.78 is 0. The van der Waals surface area contributed by atoms with Crippen molar-refractivity contribution < 1.29 is 0 Å². The molecule has 15 heavy (non-hydrogen) atoms. The van der Waals surface area contributed by atoms with Crippen molar-refractivity contribution in [3.8, 4) is 0 Å². The van der Waals surface area contributed by atoms with E-state index >= 15 is 0 Å². The van der Waals surface area contributed by atoms with E-state index in [1.165, 1.54) is 17.7 Å². The third-order valence-corrected chi connectivity index (χ3v) is 1.95. The second-order valence-corrected chi connectivity index (χ2v) is 3.83. The molecule has 1 N–H and O–H groups in total. The third-order valence-electron chi connectivity index (χ3n) is 1.95. The van der Waals surface area contributed by atoms with Gasteiger partial charge in [-0.25, -0.2) is 0 Å². The minimum absolute atomic E-state index is 0.733. The van der Waals surface area contributed by atoms with E-state index in [2.05, 4.69) is 50.4 Å². The maximum atomic E-state index is 3.32. The number of hydrogen-bond donors (Lipinski definition) is 1. The Hall–Kier alpha value is -0.980. The van der Waals surface area contributed by atoms with Gasteiger partial charge in [-0.05, 0) is 37.0 Å². The summed E-state index contributed by atoms with van der Waals surface area (Å²) in [5, 5.41) is 3.32. The van der Waals surface area contributed by atoms with Crippen LogP contribution in [-0.2, 0) is 6.42 Å². The number of anilines is 1. The predicted octanol–water partition coefficient (Wildman–Crippen LogP) is 4.34. The first kappa shape index (κ1) is 14.0. The molecule has 1 rings (SSSR count). The highest BCUT2D eigenvalue weighted by atomic mass is 14.8. The van der Waals surface area contributed by atoms with E-state index in [9.17, 15) is 0 Å². The molecule has 86 valence electrons. The van der Waals surface area contributed by atoms with Crippen molar-refractivity contribution in [1.29, 1.82) is 0 Å². The van der Waals surface area contributed by atoms with E-state index < -0.39 is 0 Å². The summed E-state index contributed by atoms with van der Waals surface area (Å²) in [7, 11) is 0. The van der Waals surface area contributed by atoms with E-state index in [1.807, 2.05) is 13.8 Å². The largest absolute Gasteiger partial charge is 0.385 e. The average molecular weight is 207 g/mol. The normalized spacial score (nSPS) is 9.47. The van der Waals surface area contributed by atoms with Crippen molar-refractivity contribution in [3.63, 3.8) is 0 Å². The van der Waals surface area contributed by atoms with E-state index in [0.29, 0.717) is 0 Å². The fraction of sp³-hybridized carbons (Fsp3) is 0.571. The van der Waals surface area contributed by atoms with Gasteiger partial charge < -0.3 is 5.32 Å². The number of benzene rings is 1. The topological polar surface area (TPSA) is 12.0 Å². The highest BCUT2D eigenvalue weighted by Gasteiger charge is 1.98. The van der Waals surface area contributed by atoms with Crippen LogP contribution in [0.3, 0.4) is 0 Å². The zero-order valence-corrected chi connectivity index (χ0v) is 10.8. The number of rotatable bonds is 4. The van der Waals surface area contributed by atoms with Gasteiger partial charge in [0.15, 0.2) is 0 Å². The van der Waals surface area contributed by atoms with Crippen molar-refractivity contribution in [2.45, 2.75) is 41.0 Å². The van der Waals surface area contributed by atoms with E-state index in [1.54, 1.807) is 0 Å². The van der Waals surface area contributed by atoms with Gasteiger partial charge in [-0.15, -0.1) is 0 Å². The molecule has 0 fully saturated rings. The Labute approximate surface area is 94.9 Å². The van der Waals surface area contributed by atoms with Crippen LogP contribution in [0.15, 0.2) is 24.3 Å². The molecule has 0 radical (unpaired) electrons. The molecular weight excluding hydrogens is 182 g/mol. The van der Waals surface area contributed by atoms with Gasteiger partial charge in [0.2, 0.25) is 0 Å². The minimum atomic E-state index is 0.733. The Morgan fingerprint density at radius 3 is 2.40 bits per heavy atom. The second kappa shape index (κ2) is 8.34. The Balaban J connectivity index is 0.000000921. The SMILES string of the molecule is CC.CCNc1cccc(CC(C)C)c1. The van der Waals surface area contributed by atoms with Crippen molar-refractivity contribution in [1.82, 2.24) is 0 Å². The lowest BCUT2D eigenvalue weighted by Gasteiger charge is -2.08. The maximum absolute atomic E-state index is 3.32. The molecule has 0 aromatic heterocycles. The van der Waals surface area contributed by atoms with E-state index in [4.69, 9.17) is 0 Å². The molecule has 0 aliphatic heterocycles. The van der Waals surface area contributed by atoms with Crippen molar-refractivity contribution in [2.75, 3.05) is 11.9 Å². The smallest absolute Gasteiger partial charge is 0.0342 e. The molecule has 0 heterocycles. The number of hydrogen-bond acceptors (Lipinski definition) is 1. The van der Waals surface area contributed by atoms with Crippen LogP contribution in [0, 0.1) is 5.92 Å². The van der Waals surface area contributed by atoms with Crippen LogP contribution in [0.2, 0.25) is 0 Å². The first-order chi connectivity index (χ1) is 7.22. The Kier molecular flexibility index (Phi) is 7.79. The molecule has 1 aromatic carbocycles. The number of nitrogens with one attached hydrogen (secondary N) is 1. The highest BCUT2D eigenvalue weighted by molar-refractivity contribution is 5.45. The molecule has 0 aliphatic rings. The second-order valence-electron chi connectivity index (χ2n) is 3.83. The quantitative estimate of drug-likeness (QED) is 0.774. The zero-order valence-electron chi connectivity index (χ0n) is 10.8. The molecule has 0 saturated heterocycles. The maximum Gasteiger partial charge on any atom is 0.0342 e. The van der Waals surface area contributed by atoms with Crippen LogP contribution in [0.4, 0.5) is 5.69 Å². The lowest BCUT2D eigenvalue weighted by Crippen LogP contribution is -1.98. The lowest BCUT2D eigenvalue weighted by molar-refractivity contribution is 0.647. The summed E-state index contributed by atoms with van der Waals surface area (Å²) in [6.07, 6.45) is 1.17. The fourth-order valence-corrected chi connectivity index (χ4v) is 1.48. The van der Waals surface area contributed by atoms with Crippen LogP contribution in [0.1, 0.15) is 40.2 Å². The van der Waals surface area contributed by atoms with Gasteiger partial charge in [-0.1, -0.05) is 39.8 Å². The van der Waals surface area contributed by atoms with Gasteiger partial charge >= 0.3 is 0 Å². The van der Waals surface area contributed by atoms with Gasteiger partial charge in [-0.3, -0.25) is 0 Å². The van der Waals surface area contributed by atoms with Crippen LogP contribution < -0.4 is 5.32 Å². The summed E-state index contributed by atoms with van der Waals surface area (Å²) in [5.41, 5.74) is 2.66. The van der Waals surface area contributed by atoms with Crippen LogP contribution in [0.5, 0.6) is 0 Å². The molecule has 0 saturated carbocycles. The molecule has 1 nitrogen and oxygen atoms in total. The average Bonchev–Trinajstić information content (AvgIpc) is 2.21.